The summed E-state index contributed by atoms with van der Waals surface area (Å²) in [5.41, 5.74) is 6.10. The lowest BCUT2D eigenvalue weighted by molar-refractivity contribution is 0.752. The predicted octanol–water partition coefficient (Wildman–Crippen LogP) is 2.83. The standard InChI is InChI=1S/C16H10IN7S/c17-25-4-1-12-9-21-15(6-14(12)20-3-2-18)24-16-13(10-23-24)5-11(7-19)8-22-16/h5-6,8-9,23H,3,10H2,(H,20,21). The van der Waals surface area contributed by atoms with Gasteiger partial charge in [-0.05, 0) is 20.3 Å². The molecule has 2 aromatic heterocycles. The molecule has 0 atom stereocenters. The van der Waals surface area contributed by atoms with Crippen LogP contribution < -0.4 is 15.8 Å². The lowest BCUT2D eigenvalue weighted by atomic mass is 10.2. The number of rotatable bonds is 3. The SMILES string of the molecule is N#CCNc1cc(N2NCc3cc(C#N)cnc32)ncc1C#CSI. The Morgan fingerprint density at radius 2 is 2.20 bits per heavy atom. The van der Waals surface area contributed by atoms with Crippen LogP contribution in [0.3, 0.4) is 0 Å². The molecule has 0 fully saturated rings. The number of hydrogen-bond acceptors (Lipinski definition) is 8. The number of aromatic nitrogens is 2. The van der Waals surface area contributed by atoms with Crippen molar-refractivity contribution in [3.05, 3.63) is 41.2 Å². The van der Waals surface area contributed by atoms with Gasteiger partial charge in [0.2, 0.25) is 0 Å². The third-order valence-electron chi connectivity index (χ3n) is 3.41. The van der Waals surface area contributed by atoms with Gasteiger partial charge in [-0.2, -0.15) is 10.5 Å². The fourth-order valence-electron chi connectivity index (χ4n) is 2.35. The molecule has 0 spiro atoms. The van der Waals surface area contributed by atoms with E-state index in [1.807, 2.05) is 12.1 Å². The van der Waals surface area contributed by atoms with E-state index in [1.165, 1.54) is 15.1 Å². The van der Waals surface area contributed by atoms with Gasteiger partial charge in [0.25, 0.3) is 0 Å². The van der Waals surface area contributed by atoms with Crippen molar-refractivity contribution in [1.29, 1.82) is 10.5 Å². The lowest BCUT2D eigenvalue weighted by Crippen LogP contribution is -2.28. The highest BCUT2D eigenvalue weighted by Crippen LogP contribution is 2.31. The Morgan fingerprint density at radius 1 is 1.32 bits per heavy atom. The van der Waals surface area contributed by atoms with Crippen LogP contribution in [0.5, 0.6) is 0 Å². The Morgan fingerprint density at radius 3 is 2.96 bits per heavy atom. The van der Waals surface area contributed by atoms with Crippen LogP contribution in [0.1, 0.15) is 16.7 Å². The molecule has 2 N–H and O–H groups in total. The summed E-state index contributed by atoms with van der Waals surface area (Å²) >= 11 is 2.10. The number of pyridine rings is 2. The molecule has 0 saturated heterocycles. The molecule has 3 heterocycles. The molecule has 1 aliphatic rings. The van der Waals surface area contributed by atoms with Crippen LogP contribution in [-0.4, -0.2) is 16.5 Å². The van der Waals surface area contributed by atoms with E-state index in [1.54, 1.807) is 11.2 Å². The molecule has 2 aromatic rings. The topological polar surface area (TPSA) is 101 Å². The van der Waals surface area contributed by atoms with Crippen molar-refractivity contribution in [2.24, 2.45) is 0 Å². The highest BCUT2D eigenvalue weighted by molar-refractivity contribution is 14.2. The summed E-state index contributed by atoms with van der Waals surface area (Å²) in [4.78, 5) is 8.79. The summed E-state index contributed by atoms with van der Waals surface area (Å²) in [5, 5.41) is 25.5. The van der Waals surface area contributed by atoms with E-state index in [9.17, 15) is 0 Å². The molecule has 122 valence electrons. The Kier molecular flexibility index (Phi) is 5.56. The minimum absolute atomic E-state index is 0.170. The Bertz CT molecular complexity index is 952. The minimum Gasteiger partial charge on any atom is -0.371 e. The fourth-order valence-corrected chi connectivity index (χ4v) is 2.82. The average molecular weight is 459 g/mol. The summed E-state index contributed by atoms with van der Waals surface area (Å²) in [5.74, 6) is 4.34. The molecule has 0 amide bonds. The molecule has 0 aliphatic carbocycles. The van der Waals surface area contributed by atoms with Crippen molar-refractivity contribution >= 4 is 47.5 Å². The maximum Gasteiger partial charge on any atom is 0.153 e. The summed E-state index contributed by atoms with van der Waals surface area (Å²) in [6.45, 7) is 0.733. The molecule has 0 saturated carbocycles. The van der Waals surface area contributed by atoms with Gasteiger partial charge in [-0.3, -0.25) is 0 Å². The second-order valence-corrected chi connectivity index (χ2v) is 6.57. The summed E-state index contributed by atoms with van der Waals surface area (Å²) in [6.07, 6.45) is 3.20. The Labute approximate surface area is 161 Å². The van der Waals surface area contributed by atoms with E-state index in [0.29, 0.717) is 23.7 Å². The van der Waals surface area contributed by atoms with E-state index < -0.39 is 0 Å². The first-order valence-electron chi connectivity index (χ1n) is 7.09. The monoisotopic (exact) mass is 459 g/mol. The highest BCUT2D eigenvalue weighted by atomic mass is 127. The van der Waals surface area contributed by atoms with Crippen LogP contribution in [0.15, 0.2) is 24.5 Å². The Balaban J connectivity index is 1.97. The van der Waals surface area contributed by atoms with Crippen molar-refractivity contribution in [2.75, 3.05) is 16.9 Å². The number of anilines is 3. The smallest absolute Gasteiger partial charge is 0.153 e. The molecule has 25 heavy (non-hydrogen) atoms. The third kappa shape index (κ3) is 3.77. The van der Waals surface area contributed by atoms with Crippen LogP contribution in [0.2, 0.25) is 0 Å². The minimum atomic E-state index is 0.170. The number of hydrazine groups is 1. The second-order valence-electron chi connectivity index (χ2n) is 4.89. The highest BCUT2D eigenvalue weighted by Gasteiger charge is 2.23. The van der Waals surface area contributed by atoms with Gasteiger partial charge in [0.1, 0.15) is 12.6 Å². The normalized spacial score (nSPS) is 11.7. The van der Waals surface area contributed by atoms with Crippen LogP contribution in [0.4, 0.5) is 17.3 Å². The number of nitrogens with zero attached hydrogens (tertiary/aromatic N) is 5. The van der Waals surface area contributed by atoms with E-state index in [4.69, 9.17) is 10.5 Å². The van der Waals surface area contributed by atoms with Crippen molar-refractivity contribution < 1.29 is 0 Å². The third-order valence-corrected chi connectivity index (χ3v) is 4.25. The van der Waals surface area contributed by atoms with Gasteiger partial charge in [0.15, 0.2) is 11.6 Å². The van der Waals surface area contributed by atoms with E-state index >= 15 is 0 Å². The van der Waals surface area contributed by atoms with Crippen LogP contribution in [0, 0.1) is 33.8 Å². The first-order chi connectivity index (χ1) is 12.3. The van der Waals surface area contributed by atoms with Crippen molar-refractivity contribution in [3.63, 3.8) is 0 Å². The first-order valence-corrected chi connectivity index (χ1v) is 10.4. The fraction of sp³-hybridized carbons (Fsp3) is 0.125. The number of nitriles is 2. The quantitative estimate of drug-likeness (QED) is 0.411. The van der Waals surface area contributed by atoms with Gasteiger partial charge >= 0.3 is 0 Å². The summed E-state index contributed by atoms with van der Waals surface area (Å²) < 4.78 is 0. The molecular weight excluding hydrogens is 449 g/mol. The maximum atomic E-state index is 8.99. The van der Waals surface area contributed by atoms with Crippen LogP contribution >= 0.6 is 30.1 Å². The van der Waals surface area contributed by atoms with E-state index in [2.05, 4.69) is 65.2 Å². The predicted molar refractivity (Wildman–Crippen MR) is 105 cm³/mol. The summed E-state index contributed by atoms with van der Waals surface area (Å²) in [7, 11) is 1.38. The van der Waals surface area contributed by atoms with Crippen molar-refractivity contribution in [1.82, 2.24) is 15.4 Å². The van der Waals surface area contributed by atoms with Gasteiger partial charge in [-0.1, -0.05) is 5.92 Å². The zero-order valence-electron chi connectivity index (χ0n) is 12.7. The average Bonchev–Trinajstić information content (AvgIpc) is 3.08. The maximum absolute atomic E-state index is 8.99. The van der Waals surface area contributed by atoms with Gasteiger partial charge in [0, 0.05) is 51.8 Å². The van der Waals surface area contributed by atoms with Crippen molar-refractivity contribution in [2.45, 2.75) is 6.54 Å². The zero-order chi connectivity index (χ0) is 17.6. The number of halogens is 1. The molecule has 7 nitrogen and oxygen atoms in total. The van der Waals surface area contributed by atoms with Crippen LogP contribution in [0.25, 0.3) is 0 Å². The van der Waals surface area contributed by atoms with Gasteiger partial charge in [-0.25, -0.2) is 20.4 Å². The molecule has 0 unspecified atom stereocenters. The molecule has 9 heteroatoms. The molecule has 0 aromatic carbocycles. The first kappa shape index (κ1) is 17.3. The lowest BCUT2D eigenvalue weighted by Gasteiger charge is -2.18. The number of nitrogens with one attached hydrogen (secondary N) is 2. The van der Waals surface area contributed by atoms with Crippen molar-refractivity contribution in [3.8, 4) is 23.3 Å². The van der Waals surface area contributed by atoms with Gasteiger partial charge < -0.3 is 5.32 Å². The number of hydrogen-bond donors (Lipinski definition) is 2. The van der Waals surface area contributed by atoms with E-state index in [-0.39, 0.29) is 6.54 Å². The molecule has 1 aliphatic heterocycles. The van der Waals surface area contributed by atoms with Gasteiger partial charge in [0.05, 0.1) is 22.9 Å². The van der Waals surface area contributed by atoms with E-state index in [0.717, 1.165) is 16.8 Å². The second kappa shape index (κ2) is 8.04. The molecular formula is C16H10IN7S. The van der Waals surface area contributed by atoms with Gasteiger partial charge in [-0.15, -0.1) is 0 Å². The van der Waals surface area contributed by atoms with Crippen LogP contribution in [-0.2, 0) is 6.54 Å². The summed E-state index contributed by atoms with van der Waals surface area (Å²) in [6, 6.07) is 7.77. The largest absolute Gasteiger partial charge is 0.371 e. The molecule has 0 bridgehead atoms. The molecule has 3 rings (SSSR count). The Hall–Kier alpha value is -2.52. The number of fused-ring (bicyclic) bond motifs is 1. The zero-order valence-corrected chi connectivity index (χ0v) is 15.7. The molecule has 0 radical (unpaired) electrons.